The van der Waals surface area contributed by atoms with Crippen LogP contribution in [0.2, 0.25) is 0 Å². The molecule has 39 heavy (non-hydrogen) atoms. The second-order valence-corrected chi connectivity index (χ2v) is 11.4. The molecule has 0 saturated carbocycles. The lowest BCUT2D eigenvalue weighted by Gasteiger charge is -2.33. The summed E-state index contributed by atoms with van der Waals surface area (Å²) < 4.78 is 11.9. The molecule has 204 valence electrons. The molecule has 1 aliphatic heterocycles. The molecule has 0 aromatic heterocycles. The number of thioether (sulfide) groups is 1. The van der Waals surface area contributed by atoms with Gasteiger partial charge in [0, 0.05) is 10.6 Å². The van der Waals surface area contributed by atoms with Gasteiger partial charge in [-0.3, -0.25) is 14.5 Å². The maximum atomic E-state index is 14.2. The van der Waals surface area contributed by atoms with E-state index in [1.807, 2.05) is 74.5 Å². The largest absolute Gasteiger partial charge is 0.481 e. The molecule has 0 aliphatic carbocycles. The monoisotopic (exact) mass is 609 g/mol. The molecule has 0 radical (unpaired) electrons. The van der Waals surface area contributed by atoms with Crippen LogP contribution in [-0.2, 0) is 19.1 Å². The number of halogens is 1. The maximum Gasteiger partial charge on any atom is 0.344 e. The first-order chi connectivity index (χ1) is 18.8. The highest BCUT2D eigenvalue weighted by Crippen LogP contribution is 2.50. The molecule has 0 saturated heterocycles. The normalized spacial score (nSPS) is 17.8. The van der Waals surface area contributed by atoms with Crippen molar-refractivity contribution in [3.8, 4) is 5.75 Å². The molecular weight excluding hydrogens is 578 g/mol. The highest BCUT2D eigenvalue weighted by Gasteiger charge is 2.49. The molecule has 1 heterocycles. The van der Waals surface area contributed by atoms with Crippen LogP contribution in [0.4, 0.5) is 11.4 Å². The highest BCUT2D eigenvalue weighted by molar-refractivity contribution is 9.10. The van der Waals surface area contributed by atoms with Crippen molar-refractivity contribution in [2.24, 2.45) is 5.41 Å². The molecule has 1 amide bonds. The van der Waals surface area contributed by atoms with Gasteiger partial charge in [0.05, 0.1) is 10.2 Å². The number of amides is 1. The molecule has 3 aromatic carbocycles. The van der Waals surface area contributed by atoms with Gasteiger partial charge in [-0.05, 0) is 77.3 Å². The molecular formula is C31H32BrNO5S. The van der Waals surface area contributed by atoms with E-state index in [1.165, 1.54) is 0 Å². The average Bonchev–Trinajstić information content (AvgIpc) is 3.03. The first kappa shape index (κ1) is 28.9. The Morgan fingerprint density at radius 2 is 1.69 bits per heavy atom. The zero-order valence-corrected chi connectivity index (χ0v) is 24.7. The van der Waals surface area contributed by atoms with Crippen LogP contribution >= 0.6 is 27.7 Å². The summed E-state index contributed by atoms with van der Waals surface area (Å²) in [5.74, 6) is -0.348. The Bertz CT molecular complexity index is 1330. The summed E-state index contributed by atoms with van der Waals surface area (Å²) in [7, 11) is 0. The minimum absolute atomic E-state index is 0.174. The van der Waals surface area contributed by atoms with Crippen molar-refractivity contribution < 1.29 is 23.9 Å². The van der Waals surface area contributed by atoms with E-state index in [-0.39, 0.29) is 17.6 Å². The molecule has 2 atom stereocenters. The third-order valence-corrected chi connectivity index (χ3v) is 8.70. The highest BCUT2D eigenvalue weighted by atomic mass is 79.9. The quantitative estimate of drug-likeness (QED) is 0.171. The van der Waals surface area contributed by atoms with Gasteiger partial charge in [-0.1, -0.05) is 75.2 Å². The van der Waals surface area contributed by atoms with E-state index in [2.05, 4.69) is 22.9 Å². The maximum absolute atomic E-state index is 14.2. The zero-order valence-electron chi connectivity index (χ0n) is 22.3. The first-order valence-corrected chi connectivity index (χ1v) is 14.7. The predicted octanol–water partition coefficient (Wildman–Crippen LogP) is 8.02. The SMILES string of the molecule is CCCCC1(CC)C(=O)Sc2cc(OCC(=O)OC(C)c3ccccc3)c(Br)cc2N(c2ccccc2)C1=O. The van der Waals surface area contributed by atoms with Crippen LogP contribution in [0.15, 0.2) is 82.2 Å². The van der Waals surface area contributed by atoms with Crippen LogP contribution in [0.3, 0.4) is 0 Å². The number of carbonyl (C=O) groups is 3. The van der Waals surface area contributed by atoms with E-state index in [0.717, 1.165) is 30.2 Å². The number of fused-ring (bicyclic) bond motifs is 1. The summed E-state index contributed by atoms with van der Waals surface area (Å²) in [6, 6.07) is 22.3. The molecule has 0 spiro atoms. The lowest BCUT2D eigenvalue weighted by Crippen LogP contribution is -2.44. The Morgan fingerprint density at radius 1 is 1.03 bits per heavy atom. The van der Waals surface area contributed by atoms with Gasteiger partial charge in [-0.15, -0.1) is 0 Å². The summed E-state index contributed by atoms with van der Waals surface area (Å²) >= 11 is 4.62. The van der Waals surface area contributed by atoms with Gasteiger partial charge >= 0.3 is 5.97 Å². The Labute approximate surface area is 242 Å². The summed E-state index contributed by atoms with van der Waals surface area (Å²) in [5, 5.41) is -0.174. The van der Waals surface area contributed by atoms with Gasteiger partial charge in [0.15, 0.2) is 6.61 Å². The lowest BCUT2D eigenvalue weighted by atomic mass is 9.79. The molecule has 6 nitrogen and oxygen atoms in total. The second kappa shape index (κ2) is 12.8. The number of para-hydroxylation sites is 1. The number of hydrogen-bond acceptors (Lipinski definition) is 6. The van der Waals surface area contributed by atoms with Crippen LogP contribution in [0.5, 0.6) is 5.75 Å². The van der Waals surface area contributed by atoms with Gasteiger partial charge < -0.3 is 9.47 Å². The van der Waals surface area contributed by atoms with Crippen molar-refractivity contribution >= 4 is 56.1 Å². The number of anilines is 2. The smallest absolute Gasteiger partial charge is 0.344 e. The molecule has 3 aromatic rings. The van der Waals surface area contributed by atoms with Crippen molar-refractivity contribution in [1.82, 2.24) is 0 Å². The number of unbranched alkanes of at least 4 members (excludes halogenated alkanes) is 1. The number of carbonyl (C=O) groups excluding carboxylic acids is 3. The topological polar surface area (TPSA) is 72.9 Å². The average molecular weight is 611 g/mol. The van der Waals surface area contributed by atoms with Crippen LogP contribution in [0.1, 0.15) is 58.1 Å². The number of rotatable bonds is 10. The molecule has 8 heteroatoms. The number of hydrogen-bond donors (Lipinski definition) is 0. The van der Waals surface area contributed by atoms with Crippen LogP contribution in [0, 0.1) is 5.41 Å². The third kappa shape index (κ3) is 6.23. The van der Waals surface area contributed by atoms with Crippen LogP contribution < -0.4 is 9.64 Å². The van der Waals surface area contributed by atoms with E-state index in [1.54, 1.807) is 17.0 Å². The third-order valence-electron chi connectivity index (χ3n) is 6.96. The molecule has 4 rings (SSSR count). The Kier molecular flexibility index (Phi) is 9.51. The van der Waals surface area contributed by atoms with E-state index in [9.17, 15) is 14.4 Å². The number of nitrogens with zero attached hydrogens (tertiary/aromatic N) is 1. The minimum Gasteiger partial charge on any atom is -0.481 e. The molecule has 1 aliphatic rings. The summed E-state index contributed by atoms with van der Waals surface area (Å²) in [4.78, 5) is 42.7. The van der Waals surface area contributed by atoms with Crippen molar-refractivity contribution in [1.29, 1.82) is 0 Å². The zero-order chi connectivity index (χ0) is 28.0. The lowest BCUT2D eigenvalue weighted by molar-refractivity contribution is -0.151. The Morgan fingerprint density at radius 3 is 2.33 bits per heavy atom. The minimum atomic E-state index is -1.14. The second-order valence-electron chi connectivity index (χ2n) is 9.49. The van der Waals surface area contributed by atoms with E-state index in [4.69, 9.17) is 9.47 Å². The van der Waals surface area contributed by atoms with Crippen molar-refractivity contribution in [3.63, 3.8) is 0 Å². The molecule has 0 N–H and O–H groups in total. The van der Waals surface area contributed by atoms with Gasteiger partial charge in [0.2, 0.25) is 11.0 Å². The van der Waals surface area contributed by atoms with Gasteiger partial charge in [0.1, 0.15) is 17.3 Å². The molecule has 0 bridgehead atoms. The number of esters is 1. The van der Waals surface area contributed by atoms with Crippen LogP contribution in [-0.4, -0.2) is 23.6 Å². The van der Waals surface area contributed by atoms with Crippen LogP contribution in [0.25, 0.3) is 0 Å². The van der Waals surface area contributed by atoms with E-state index in [0.29, 0.717) is 39.3 Å². The Balaban J connectivity index is 1.64. The van der Waals surface area contributed by atoms with Gasteiger partial charge in [-0.2, -0.15) is 0 Å². The fourth-order valence-corrected chi connectivity index (χ4v) is 6.25. The summed E-state index contributed by atoms with van der Waals surface area (Å²) in [6.45, 7) is 5.46. The van der Waals surface area contributed by atoms with Crippen molar-refractivity contribution in [3.05, 3.63) is 82.8 Å². The Hall–Kier alpha value is -3.10. The fourth-order valence-electron chi connectivity index (χ4n) is 4.65. The van der Waals surface area contributed by atoms with Crippen molar-refractivity contribution in [2.45, 2.75) is 57.5 Å². The van der Waals surface area contributed by atoms with Crippen molar-refractivity contribution in [2.75, 3.05) is 11.5 Å². The summed E-state index contributed by atoms with van der Waals surface area (Å²) in [5.41, 5.74) is 1.03. The fraction of sp³-hybridized carbons (Fsp3) is 0.323. The predicted molar refractivity (Wildman–Crippen MR) is 157 cm³/mol. The van der Waals surface area contributed by atoms with Gasteiger partial charge in [0.25, 0.3) is 0 Å². The summed E-state index contributed by atoms with van der Waals surface area (Å²) in [6.07, 6.45) is 2.13. The molecule has 0 fully saturated rings. The van der Waals surface area contributed by atoms with E-state index < -0.39 is 17.5 Å². The standard InChI is InChI=1S/C31H32BrNO5S/c1-4-6-17-31(5-2)29(35)33(23-15-11-8-12-16-23)25-18-24(32)26(19-27(25)39-30(31)36)37-20-28(34)38-21(3)22-13-9-7-10-14-22/h7-16,18-19,21H,4-6,17,20H2,1-3H3. The van der Waals surface area contributed by atoms with E-state index >= 15 is 0 Å². The first-order valence-electron chi connectivity index (χ1n) is 13.1. The number of ether oxygens (including phenoxy) is 2. The number of benzene rings is 3. The van der Waals surface area contributed by atoms with Gasteiger partial charge in [-0.25, -0.2) is 4.79 Å². The molecule has 2 unspecified atom stereocenters.